The Kier molecular flexibility index (Phi) is 4.54. The van der Waals surface area contributed by atoms with Gasteiger partial charge in [-0.1, -0.05) is 11.8 Å². The van der Waals surface area contributed by atoms with Crippen LogP contribution in [0.1, 0.15) is 0 Å². The Balaban J connectivity index is 1.71. The molecule has 7 heteroatoms. The van der Waals surface area contributed by atoms with Crippen molar-refractivity contribution < 1.29 is 14.2 Å². The standard InChI is InChI=1S/C16H13N3O3S/c1-23-16(18-9-17)19-11-2-4-12(5-3-11)22-13-6-7-14-15(8-13)21-10-20-14/h2-8H,10H2,1H3,(H,18,19). The minimum atomic E-state index is 0.236. The van der Waals surface area contributed by atoms with Crippen molar-refractivity contribution in [3.8, 4) is 29.2 Å². The van der Waals surface area contributed by atoms with E-state index in [1.54, 1.807) is 6.07 Å². The molecular formula is C16H13N3O3S. The van der Waals surface area contributed by atoms with Gasteiger partial charge in [0, 0.05) is 6.07 Å². The molecule has 1 N–H and O–H groups in total. The lowest BCUT2D eigenvalue weighted by Gasteiger charge is -2.07. The minimum Gasteiger partial charge on any atom is -0.457 e. The average molecular weight is 327 g/mol. The summed E-state index contributed by atoms with van der Waals surface area (Å²) in [6.07, 6.45) is 3.70. The molecule has 0 bridgehead atoms. The second kappa shape index (κ2) is 6.94. The minimum absolute atomic E-state index is 0.236. The summed E-state index contributed by atoms with van der Waals surface area (Å²) in [7, 11) is 0. The highest BCUT2D eigenvalue weighted by Crippen LogP contribution is 2.36. The summed E-state index contributed by atoms with van der Waals surface area (Å²) in [5.74, 6) is 2.75. The number of nitrogens with one attached hydrogen (secondary N) is 1. The van der Waals surface area contributed by atoms with Crippen LogP contribution in [0.3, 0.4) is 0 Å². The van der Waals surface area contributed by atoms with Gasteiger partial charge in [0.15, 0.2) is 22.9 Å². The zero-order valence-corrected chi connectivity index (χ0v) is 13.1. The lowest BCUT2D eigenvalue weighted by Crippen LogP contribution is -2.12. The van der Waals surface area contributed by atoms with Gasteiger partial charge in [-0.25, -0.2) is 4.99 Å². The predicted molar refractivity (Wildman–Crippen MR) is 88.4 cm³/mol. The largest absolute Gasteiger partial charge is 0.457 e. The maximum absolute atomic E-state index is 8.63. The van der Waals surface area contributed by atoms with Gasteiger partial charge < -0.3 is 14.2 Å². The average Bonchev–Trinajstić information content (AvgIpc) is 3.04. The zero-order valence-electron chi connectivity index (χ0n) is 12.3. The van der Waals surface area contributed by atoms with Gasteiger partial charge in [0.1, 0.15) is 11.5 Å². The summed E-state index contributed by atoms with van der Waals surface area (Å²) in [6, 6.07) is 12.7. The summed E-state index contributed by atoms with van der Waals surface area (Å²) < 4.78 is 16.4. The summed E-state index contributed by atoms with van der Waals surface area (Å²) in [5, 5.41) is 11.7. The third kappa shape index (κ3) is 3.67. The van der Waals surface area contributed by atoms with Crippen LogP contribution < -0.4 is 19.5 Å². The fourth-order valence-corrected chi connectivity index (χ4v) is 2.30. The molecule has 0 unspecified atom stereocenters. The number of ether oxygens (including phenoxy) is 3. The monoisotopic (exact) mass is 327 g/mol. The smallest absolute Gasteiger partial charge is 0.231 e. The van der Waals surface area contributed by atoms with E-state index in [4.69, 9.17) is 19.5 Å². The lowest BCUT2D eigenvalue weighted by molar-refractivity contribution is 0.174. The first-order valence-corrected chi connectivity index (χ1v) is 7.96. The van der Waals surface area contributed by atoms with E-state index in [9.17, 15) is 0 Å². The van der Waals surface area contributed by atoms with Crippen LogP contribution in [-0.4, -0.2) is 18.2 Å². The predicted octanol–water partition coefficient (Wildman–Crippen LogP) is 3.63. The number of aliphatic imine (C=N–C) groups is 1. The number of benzene rings is 2. The van der Waals surface area contributed by atoms with Crippen LogP contribution in [0.15, 0.2) is 47.5 Å². The first-order chi connectivity index (χ1) is 11.3. The van der Waals surface area contributed by atoms with E-state index >= 15 is 0 Å². The highest BCUT2D eigenvalue weighted by molar-refractivity contribution is 8.13. The van der Waals surface area contributed by atoms with Crippen molar-refractivity contribution in [3.63, 3.8) is 0 Å². The van der Waals surface area contributed by atoms with Gasteiger partial charge in [0.2, 0.25) is 6.79 Å². The van der Waals surface area contributed by atoms with E-state index < -0.39 is 0 Å². The molecule has 0 aliphatic carbocycles. The second-order valence-electron chi connectivity index (χ2n) is 4.47. The SMILES string of the molecule is CSC(=Nc1ccc(Oc2ccc3c(c2)OCO3)cc1)NC#N. The third-order valence-corrected chi connectivity index (χ3v) is 3.58. The van der Waals surface area contributed by atoms with Crippen LogP contribution in [0.4, 0.5) is 5.69 Å². The molecule has 116 valence electrons. The maximum atomic E-state index is 8.63. The van der Waals surface area contributed by atoms with Gasteiger partial charge in [-0.3, -0.25) is 5.32 Å². The number of hydrogen-bond donors (Lipinski definition) is 1. The van der Waals surface area contributed by atoms with Crippen LogP contribution in [0.5, 0.6) is 23.0 Å². The van der Waals surface area contributed by atoms with E-state index in [0.717, 1.165) is 11.4 Å². The number of hydrogen-bond acceptors (Lipinski definition) is 6. The zero-order chi connectivity index (χ0) is 16.1. The van der Waals surface area contributed by atoms with Crippen molar-refractivity contribution in [3.05, 3.63) is 42.5 Å². The molecule has 0 aromatic heterocycles. The number of nitriles is 1. The fraction of sp³-hybridized carbons (Fsp3) is 0.125. The molecule has 1 aliphatic rings. The number of amidine groups is 1. The van der Waals surface area contributed by atoms with E-state index in [2.05, 4.69) is 10.3 Å². The van der Waals surface area contributed by atoms with Gasteiger partial charge in [-0.2, -0.15) is 5.26 Å². The molecule has 0 spiro atoms. The first-order valence-electron chi connectivity index (χ1n) is 6.74. The van der Waals surface area contributed by atoms with Gasteiger partial charge in [-0.15, -0.1) is 0 Å². The molecule has 1 aliphatic heterocycles. The molecule has 3 rings (SSSR count). The van der Waals surface area contributed by atoms with Gasteiger partial charge >= 0.3 is 0 Å². The highest BCUT2D eigenvalue weighted by Gasteiger charge is 2.13. The third-order valence-electron chi connectivity index (χ3n) is 3.00. The lowest BCUT2D eigenvalue weighted by atomic mass is 10.3. The van der Waals surface area contributed by atoms with Crippen LogP contribution in [-0.2, 0) is 0 Å². The van der Waals surface area contributed by atoms with Crippen LogP contribution in [0.2, 0.25) is 0 Å². The van der Waals surface area contributed by atoms with E-state index in [-0.39, 0.29) is 6.79 Å². The van der Waals surface area contributed by atoms with Crippen molar-refractivity contribution in [1.82, 2.24) is 5.32 Å². The van der Waals surface area contributed by atoms with Crippen molar-refractivity contribution >= 4 is 22.6 Å². The molecule has 1 heterocycles. The second-order valence-corrected chi connectivity index (χ2v) is 5.26. The number of rotatable bonds is 3. The molecular weight excluding hydrogens is 314 g/mol. The molecule has 2 aromatic rings. The normalized spacial score (nSPS) is 12.6. The summed E-state index contributed by atoms with van der Waals surface area (Å²) in [5.41, 5.74) is 0.732. The fourth-order valence-electron chi connectivity index (χ4n) is 1.95. The topological polar surface area (TPSA) is 75.9 Å². The number of thioether (sulfide) groups is 1. The molecule has 0 fully saturated rings. The Bertz CT molecular complexity index is 769. The summed E-state index contributed by atoms with van der Waals surface area (Å²) in [4.78, 5) is 4.32. The van der Waals surface area contributed by atoms with Gasteiger partial charge in [0.05, 0.1) is 5.69 Å². The first kappa shape index (κ1) is 15.1. The molecule has 2 aromatic carbocycles. The van der Waals surface area contributed by atoms with Crippen LogP contribution in [0, 0.1) is 11.5 Å². The van der Waals surface area contributed by atoms with Crippen molar-refractivity contribution in [2.45, 2.75) is 0 Å². The summed E-state index contributed by atoms with van der Waals surface area (Å²) in [6.45, 7) is 0.236. The quantitative estimate of drug-likeness (QED) is 0.401. The number of fused-ring (bicyclic) bond motifs is 1. The van der Waals surface area contributed by atoms with Crippen LogP contribution >= 0.6 is 11.8 Å². The Morgan fingerprint density at radius 2 is 1.91 bits per heavy atom. The Morgan fingerprint density at radius 1 is 1.17 bits per heavy atom. The van der Waals surface area contributed by atoms with E-state index in [0.29, 0.717) is 22.4 Å². The molecule has 0 saturated carbocycles. The Hall–Kier alpha value is -2.85. The highest BCUT2D eigenvalue weighted by atomic mass is 32.2. The maximum Gasteiger partial charge on any atom is 0.231 e. The molecule has 23 heavy (non-hydrogen) atoms. The molecule has 0 saturated heterocycles. The van der Waals surface area contributed by atoms with Gasteiger partial charge in [-0.05, 0) is 42.7 Å². The Labute approximate surface area is 137 Å². The van der Waals surface area contributed by atoms with Crippen molar-refractivity contribution in [2.24, 2.45) is 4.99 Å². The van der Waals surface area contributed by atoms with Crippen LogP contribution in [0.25, 0.3) is 0 Å². The molecule has 0 atom stereocenters. The molecule has 6 nitrogen and oxygen atoms in total. The van der Waals surface area contributed by atoms with Crippen molar-refractivity contribution in [1.29, 1.82) is 5.26 Å². The van der Waals surface area contributed by atoms with E-state index in [1.165, 1.54) is 11.8 Å². The Morgan fingerprint density at radius 3 is 2.65 bits per heavy atom. The summed E-state index contributed by atoms with van der Waals surface area (Å²) >= 11 is 1.37. The van der Waals surface area contributed by atoms with E-state index in [1.807, 2.05) is 48.8 Å². The molecule has 0 radical (unpaired) electrons. The van der Waals surface area contributed by atoms with Gasteiger partial charge in [0.25, 0.3) is 0 Å². The molecule has 0 amide bonds. The number of nitrogens with zero attached hydrogens (tertiary/aromatic N) is 2. The van der Waals surface area contributed by atoms with Crippen molar-refractivity contribution in [2.75, 3.05) is 13.0 Å².